The Morgan fingerprint density at radius 1 is 1.23 bits per heavy atom. The van der Waals surface area contributed by atoms with E-state index in [1.807, 2.05) is 24.3 Å². The number of fused-ring (bicyclic) bond motifs is 3. The summed E-state index contributed by atoms with van der Waals surface area (Å²) in [7, 11) is 0. The van der Waals surface area contributed by atoms with Gasteiger partial charge in [-0.3, -0.25) is 9.59 Å². The molecule has 2 amide bonds. The molecule has 0 N–H and O–H groups in total. The fourth-order valence-electron chi connectivity index (χ4n) is 5.50. The first-order valence-electron chi connectivity index (χ1n) is 9.58. The molecule has 4 nitrogen and oxygen atoms in total. The van der Waals surface area contributed by atoms with Crippen molar-refractivity contribution in [1.82, 2.24) is 4.90 Å². The van der Waals surface area contributed by atoms with Crippen LogP contribution in [0.4, 0.5) is 5.69 Å². The molecule has 0 aromatic heterocycles. The van der Waals surface area contributed by atoms with Gasteiger partial charge in [0.25, 0.3) is 0 Å². The van der Waals surface area contributed by atoms with Gasteiger partial charge in [-0.1, -0.05) is 32.9 Å². The van der Waals surface area contributed by atoms with E-state index < -0.39 is 0 Å². The molecule has 140 valence electrons. The van der Waals surface area contributed by atoms with Crippen LogP contribution in [0.5, 0.6) is 0 Å². The molecule has 2 heterocycles. The summed E-state index contributed by atoms with van der Waals surface area (Å²) in [5.41, 5.74) is 1.52. The third-order valence-corrected chi connectivity index (χ3v) is 7.14. The lowest BCUT2D eigenvalue weighted by molar-refractivity contribution is -0.132. The maximum absolute atomic E-state index is 13.0. The number of hydrogen-bond acceptors (Lipinski definition) is 3. The minimum absolute atomic E-state index is 0.106. The molecule has 1 saturated carbocycles. The number of rotatable bonds is 3. The van der Waals surface area contributed by atoms with E-state index in [-0.39, 0.29) is 17.2 Å². The fourth-order valence-corrected chi connectivity index (χ4v) is 6.44. The first-order chi connectivity index (χ1) is 12.3. The Kier molecular flexibility index (Phi) is 4.33. The van der Waals surface area contributed by atoms with Crippen molar-refractivity contribution < 1.29 is 9.59 Å². The van der Waals surface area contributed by atoms with Gasteiger partial charge in [-0.25, -0.2) is 0 Å². The standard InChI is InChI=1S/C21H28N2O2S/c1-20(2)10-15-11-21(3,13-20)14-23(15)18(24)8-9-22-16-6-4-5-7-17(16)26-12-19(22)25/h4-7,15H,8-14H2,1-3H3/t15-,21-/m1/s1. The smallest absolute Gasteiger partial charge is 0.237 e. The van der Waals surface area contributed by atoms with E-state index in [1.54, 1.807) is 16.7 Å². The van der Waals surface area contributed by atoms with Crippen molar-refractivity contribution in [3.8, 4) is 0 Å². The van der Waals surface area contributed by atoms with Gasteiger partial charge in [0, 0.05) is 30.4 Å². The fraction of sp³-hybridized carbons (Fsp3) is 0.619. The highest BCUT2D eigenvalue weighted by molar-refractivity contribution is 8.00. The van der Waals surface area contributed by atoms with Crippen LogP contribution in [0.25, 0.3) is 0 Å². The number of benzene rings is 1. The molecule has 1 aliphatic carbocycles. The minimum Gasteiger partial charge on any atom is -0.339 e. The summed E-state index contributed by atoms with van der Waals surface area (Å²) in [5.74, 6) is 0.777. The number of carbonyl (C=O) groups is 2. The van der Waals surface area contributed by atoms with Crippen molar-refractivity contribution in [3.05, 3.63) is 24.3 Å². The topological polar surface area (TPSA) is 40.6 Å². The molecule has 2 fully saturated rings. The molecular formula is C21H28N2O2S. The lowest BCUT2D eigenvalue weighted by Gasteiger charge is -2.39. The van der Waals surface area contributed by atoms with Crippen LogP contribution in [0.1, 0.15) is 46.5 Å². The number of hydrogen-bond donors (Lipinski definition) is 0. The summed E-state index contributed by atoms with van der Waals surface area (Å²) in [4.78, 5) is 30.4. The average molecular weight is 373 g/mol. The summed E-state index contributed by atoms with van der Waals surface area (Å²) in [6.45, 7) is 8.34. The van der Waals surface area contributed by atoms with E-state index in [1.165, 1.54) is 6.42 Å². The number of likely N-dealkylation sites (tertiary alicyclic amines) is 1. The molecule has 0 unspecified atom stereocenters. The molecule has 1 aromatic carbocycles. The number of carbonyl (C=O) groups excluding carboxylic acids is 2. The van der Waals surface area contributed by atoms with E-state index in [0.29, 0.717) is 30.2 Å². The van der Waals surface area contributed by atoms with Crippen molar-refractivity contribution >= 4 is 29.3 Å². The normalized spacial score (nSPS) is 29.7. The van der Waals surface area contributed by atoms with Crippen LogP contribution in [0, 0.1) is 10.8 Å². The van der Waals surface area contributed by atoms with Gasteiger partial charge in [0.1, 0.15) is 0 Å². The predicted molar refractivity (Wildman–Crippen MR) is 105 cm³/mol. The van der Waals surface area contributed by atoms with Gasteiger partial charge >= 0.3 is 0 Å². The molecule has 26 heavy (non-hydrogen) atoms. The number of thioether (sulfide) groups is 1. The van der Waals surface area contributed by atoms with Crippen LogP contribution in [0.15, 0.2) is 29.2 Å². The maximum atomic E-state index is 13.0. The van der Waals surface area contributed by atoms with Crippen LogP contribution in [-0.4, -0.2) is 41.6 Å². The van der Waals surface area contributed by atoms with E-state index in [4.69, 9.17) is 0 Å². The number of para-hydroxylation sites is 1. The van der Waals surface area contributed by atoms with Gasteiger partial charge in [0.2, 0.25) is 11.8 Å². The van der Waals surface area contributed by atoms with Crippen molar-refractivity contribution in [2.75, 3.05) is 23.7 Å². The Labute approximate surface area is 160 Å². The summed E-state index contributed by atoms with van der Waals surface area (Å²) in [5, 5.41) is 0. The Morgan fingerprint density at radius 2 is 2.00 bits per heavy atom. The second-order valence-electron chi connectivity index (χ2n) is 9.29. The second kappa shape index (κ2) is 6.29. The van der Waals surface area contributed by atoms with Crippen molar-refractivity contribution in [3.63, 3.8) is 0 Å². The van der Waals surface area contributed by atoms with Crippen LogP contribution in [0.2, 0.25) is 0 Å². The van der Waals surface area contributed by atoms with Gasteiger partial charge < -0.3 is 9.80 Å². The molecule has 2 atom stereocenters. The van der Waals surface area contributed by atoms with E-state index in [9.17, 15) is 9.59 Å². The molecule has 4 rings (SSSR count). The molecule has 5 heteroatoms. The van der Waals surface area contributed by atoms with Gasteiger partial charge in [-0.15, -0.1) is 11.8 Å². The molecule has 0 spiro atoms. The van der Waals surface area contributed by atoms with Crippen molar-refractivity contribution in [2.45, 2.75) is 57.4 Å². The lowest BCUT2D eigenvalue weighted by atomic mass is 9.65. The third-order valence-electron chi connectivity index (χ3n) is 6.09. The molecule has 2 aliphatic heterocycles. The Morgan fingerprint density at radius 3 is 2.81 bits per heavy atom. The zero-order valence-corrected chi connectivity index (χ0v) is 16.8. The first-order valence-corrected chi connectivity index (χ1v) is 10.6. The molecule has 0 radical (unpaired) electrons. The zero-order chi connectivity index (χ0) is 18.5. The van der Waals surface area contributed by atoms with Crippen molar-refractivity contribution in [2.24, 2.45) is 10.8 Å². The highest BCUT2D eigenvalue weighted by atomic mass is 32.2. The van der Waals surface area contributed by atoms with Crippen molar-refractivity contribution in [1.29, 1.82) is 0 Å². The molecule has 1 aromatic rings. The summed E-state index contributed by atoms with van der Waals surface area (Å²) >= 11 is 1.59. The van der Waals surface area contributed by atoms with Crippen LogP contribution < -0.4 is 4.90 Å². The van der Waals surface area contributed by atoms with E-state index >= 15 is 0 Å². The predicted octanol–water partition coefficient (Wildman–Crippen LogP) is 3.94. The summed E-state index contributed by atoms with van der Waals surface area (Å²) < 4.78 is 0. The Bertz CT molecular complexity index is 747. The molecule has 2 bridgehead atoms. The van der Waals surface area contributed by atoms with Crippen LogP contribution >= 0.6 is 11.8 Å². The first kappa shape index (κ1) is 17.9. The number of amides is 2. The maximum Gasteiger partial charge on any atom is 0.237 e. The largest absolute Gasteiger partial charge is 0.339 e. The van der Waals surface area contributed by atoms with Gasteiger partial charge in [-0.2, -0.15) is 0 Å². The van der Waals surface area contributed by atoms with Crippen LogP contribution in [0.3, 0.4) is 0 Å². The highest BCUT2D eigenvalue weighted by Gasteiger charge is 2.50. The van der Waals surface area contributed by atoms with Gasteiger partial charge in [-0.05, 0) is 42.2 Å². The zero-order valence-electron chi connectivity index (χ0n) is 16.0. The van der Waals surface area contributed by atoms with E-state index in [2.05, 4.69) is 25.7 Å². The highest BCUT2D eigenvalue weighted by Crippen LogP contribution is 2.52. The molecule has 1 saturated heterocycles. The second-order valence-corrected chi connectivity index (χ2v) is 10.3. The van der Waals surface area contributed by atoms with Crippen LogP contribution in [-0.2, 0) is 9.59 Å². The van der Waals surface area contributed by atoms with Gasteiger partial charge in [0.05, 0.1) is 11.4 Å². The molecular weight excluding hydrogens is 344 g/mol. The Hall–Kier alpha value is -1.49. The average Bonchev–Trinajstić information content (AvgIpc) is 2.82. The van der Waals surface area contributed by atoms with Gasteiger partial charge in [0.15, 0.2) is 0 Å². The monoisotopic (exact) mass is 372 g/mol. The SMILES string of the molecule is CC1(C)C[C@@H]2C[C@@](C)(CN2C(=O)CCN2C(=O)CSc3ccccc32)C1. The quantitative estimate of drug-likeness (QED) is 0.807. The summed E-state index contributed by atoms with van der Waals surface area (Å²) in [6.07, 6.45) is 3.83. The Balaban J connectivity index is 1.44. The number of anilines is 1. The molecule has 3 aliphatic rings. The van der Waals surface area contributed by atoms with E-state index in [0.717, 1.165) is 30.0 Å². The summed E-state index contributed by atoms with van der Waals surface area (Å²) in [6, 6.07) is 8.36. The lowest BCUT2D eigenvalue weighted by Crippen LogP contribution is -2.41. The number of nitrogens with zero attached hydrogens (tertiary/aromatic N) is 2. The third kappa shape index (κ3) is 3.26. The minimum atomic E-state index is 0.106.